The summed E-state index contributed by atoms with van der Waals surface area (Å²) in [5.74, 6) is 0. The molecule has 1 aromatic rings. The Morgan fingerprint density at radius 2 is 2.07 bits per heavy atom. The van der Waals surface area contributed by atoms with Gasteiger partial charge in [-0.2, -0.15) is 0 Å². The number of likely N-dealkylation sites (tertiary alicyclic amines) is 1. The van der Waals surface area contributed by atoms with Gasteiger partial charge in [-0.1, -0.05) is 30.3 Å². The zero-order chi connectivity index (χ0) is 10.7. The van der Waals surface area contributed by atoms with Crippen LogP contribution in [0, 0.1) is 0 Å². The smallest absolute Gasteiger partial charge is 0.137 e. The summed E-state index contributed by atoms with van der Waals surface area (Å²) in [5, 5.41) is 0. The Hall–Kier alpha value is -0.930. The van der Waals surface area contributed by atoms with Crippen molar-refractivity contribution in [3.8, 4) is 0 Å². The summed E-state index contributed by atoms with van der Waals surface area (Å²) in [6.07, 6.45) is 0.566. The molecule has 1 aliphatic heterocycles. The number of rotatable bonds is 3. The summed E-state index contributed by atoms with van der Waals surface area (Å²) in [4.78, 5) is 2.13. The molecule has 1 unspecified atom stereocenters. The fraction of sp³-hybridized carbons (Fsp3) is 0.500. The highest BCUT2D eigenvalue weighted by molar-refractivity contribution is 5.15. The Kier molecular flexibility index (Phi) is 3.03. The average Bonchev–Trinajstić information content (AvgIpc) is 2.63. The summed E-state index contributed by atoms with van der Waals surface area (Å²) in [6.45, 7) is 2.24. The van der Waals surface area contributed by atoms with Crippen LogP contribution in [0.4, 0.5) is 4.39 Å². The minimum Gasteiger partial charge on any atom is -0.327 e. The van der Waals surface area contributed by atoms with Gasteiger partial charge in [0.05, 0.1) is 0 Å². The molecule has 2 rings (SSSR count). The fourth-order valence-corrected chi connectivity index (χ4v) is 2.06. The second kappa shape index (κ2) is 4.29. The van der Waals surface area contributed by atoms with Crippen LogP contribution in [0.3, 0.4) is 0 Å². The van der Waals surface area contributed by atoms with E-state index < -0.39 is 5.67 Å². The van der Waals surface area contributed by atoms with Crippen LogP contribution in [-0.2, 0) is 6.54 Å². The lowest BCUT2D eigenvalue weighted by atomic mass is 10.1. The van der Waals surface area contributed by atoms with Crippen molar-refractivity contribution in [2.45, 2.75) is 18.6 Å². The minimum atomic E-state index is -1.16. The number of nitrogens with two attached hydrogens (primary N) is 1. The summed E-state index contributed by atoms with van der Waals surface area (Å²) in [6, 6.07) is 10.2. The van der Waals surface area contributed by atoms with E-state index in [1.54, 1.807) is 0 Å². The van der Waals surface area contributed by atoms with Crippen molar-refractivity contribution >= 4 is 0 Å². The predicted molar refractivity (Wildman–Crippen MR) is 59.2 cm³/mol. The van der Waals surface area contributed by atoms with E-state index in [-0.39, 0.29) is 6.54 Å². The molecule has 15 heavy (non-hydrogen) atoms. The van der Waals surface area contributed by atoms with Crippen molar-refractivity contribution in [1.29, 1.82) is 0 Å². The Bertz CT molecular complexity index is 315. The molecule has 1 saturated heterocycles. The summed E-state index contributed by atoms with van der Waals surface area (Å²) < 4.78 is 13.8. The first-order valence-corrected chi connectivity index (χ1v) is 5.37. The largest absolute Gasteiger partial charge is 0.327 e. The molecular weight excluding hydrogens is 191 g/mol. The highest BCUT2D eigenvalue weighted by Crippen LogP contribution is 2.25. The lowest BCUT2D eigenvalue weighted by Gasteiger charge is -2.19. The molecule has 82 valence electrons. The van der Waals surface area contributed by atoms with Crippen LogP contribution in [0.5, 0.6) is 0 Å². The van der Waals surface area contributed by atoms with Gasteiger partial charge in [-0.05, 0) is 12.0 Å². The van der Waals surface area contributed by atoms with E-state index in [1.807, 2.05) is 18.2 Å². The molecule has 1 fully saturated rings. The van der Waals surface area contributed by atoms with Crippen LogP contribution in [-0.4, -0.2) is 30.2 Å². The van der Waals surface area contributed by atoms with E-state index in [0.717, 1.165) is 13.1 Å². The van der Waals surface area contributed by atoms with Crippen LogP contribution >= 0.6 is 0 Å². The van der Waals surface area contributed by atoms with Crippen molar-refractivity contribution in [3.05, 3.63) is 35.9 Å². The lowest BCUT2D eigenvalue weighted by molar-refractivity contribution is 0.173. The molecule has 1 heterocycles. The van der Waals surface area contributed by atoms with Crippen molar-refractivity contribution in [1.82, 2.24) is 4.90 Å². The van der Waals surface area contributed by atoms with Gasteiger partial charge in [0.15, 0.2) is 0 Å². The second-order valence-electron chi connectivity index (χ2n) is 4.30. The number of hydrogen-bond donors (Lipinski definition) is 1. The molecule has 1 aliphatic rings. The Morgan fingerprint density at radius 3 is 2.67 bits per heavy atom. The number of halogens is 1. The molecule has 2 N–H and O–H groups in total. The second-order valence-corrected chi connectivity index (χ2v) is 4.30. The molecule has 0 aromatic heterocycles. The number of nitrogens with zero attached hydrogens (tertiary/aromatic N) is 1. The van der Waals surface area contributed by atoms with Gasteiger partial charge in [0.25, 0.3) is 0 Å². The normalized spacial score (nSPS) is 27.1. The molecular formula is C12H17FN2. The first kappa shape index (κ1) is 10.6. The van der Waals surface area contributed by atoms with Gasteiger partial charge >= 0.3 is 0 Å². The number of alkyl halides is 1. The zero-order valence-corrected chi connectivity index (χ0v) is 8.82. The molecule has 0 radical (unpaired) electrons. The van der Waals surface area contributed by atoms with Crippen LogP contribution in [0.25, 0.3) is 0 Å². The van der Waals surface area contributed by atoms with Crippen LogP contribution in [0.2, 0.25) is 0 Å². The Morgan fingerprint density at radius 1 is 1.33 bits per heavy atom. The van der Waals surface area contributed by atoms with Gasteiger partial charge in [0.1, 0.15) is 5.67 Å². The first-order chi connectivity index (χ1) is 7.22. The van der Waals surface area contributed by atoms with Gasteiger partial charge in [-0.25, -0.2) is 4.39 Å². The molecule has 3 heteroatoms. The molecule has 0 saturated carbocycles. The zero-order valence-electron chi connectivity index (χ0n) is 8.82. The predicted octanol–water partition coefficient (Wildman–Crippen LogP) is 1.56. The first-order valence-electron chi connectivity index (χ1n) is 5.37. The summed E-state index contributed by atoms with van der Waals surface area (Å²) >= 11 is 0. The van der Waals surface area contributed by atoms with Gasteiger partial charge in [-0.15, -0.1) is 0 Å². The quantitative estimate of drug-likeness (QED) is 0.816. The van der Waals surface area contributed by atoms with Gasteiger partial charge in [0, 0.05) is 26.2 Å². The Balaban J connectivity index is 1.93. The molecule has 1 aromatic carbocycles. The fourth-order valence-electron chi connectivity index (χ4n) is 2.06. The lowest BCUT2D eigenvalue weighted by Crippen LogP contribution is -2.36. The van der Waals surface area contributed by atoms with Crippen molar-refractivity contribution < 1.29 is 4.39 Å². The maximum absolute atomic E-state index is 13.8. The highest BCUT2D eigenvalue weighted by Gasteiger charge is 2.36. The molecule has 1 atom stereocenters. The van der Waals surface area contributed by atoms with Crippen molar-refractivity contribution in [3.63, 3.8) is 0 Å². The molecule has 0 bridgehead atoms. The van der Waals surface area contributed by atoms with Crippen LogP contribution in [0.1, 0.15) is 12.0 Å². The standard InChI is InChI=1S/C12H17FN2/c13-12(9-14)6-7-15(10-12)8-11-4-2-1-3-5-11/h1-5H,6-10,14H2. The van der Waals surface area contributed by atoms with Crippen LogP contribution in [0.15, 0.2) is 30.3 Å². The van der Waals surface area contributed by atoms with E-state index >= 15 is 0 Å². The molecule has 0 spiro atoms. The maximum Gasteiger partial charge on any atom is 0.137 e. The van der Waals surface area contributed by atoms with Crippen molar-refractivity contribution in [2.24, 2.45) is 5.73 Å². The third-order valence-electron chi connectivity index (χ3n) is 3.00. The maximum atomic E-state index is 13.8. The van der Waals surface area contributed by atoms with Crippen molar-refractivity contribution in [2.75, 3.05) is 19.6 Å². The van der Waals surface area contributed by atoms with E-state index in [4.69, 9.17) is 5.73 Å². The monoisotopic (exact) mass is 208 g/mol. The van der Waals surface area contributed by atoms with Crippen LogP contribution < -0.4 is 5.73 Å². The minimum absolute atomic E-state index is 0.137. The summed E-state index contributed by atoms with van der Waals surface area (Å²) in [7, 11) is 0. The van der Waals surface area contributed by atoms with Gasteiger partial charge in [0.2, 0.25) is 0 Å². The molecule has 2 nitrogen and oxygen atoms in total. The highest BCUT2D eigenvalue weighted by atomic mass is 19.1. The van der Waals surface area contributed by atoms with Gasteiger partial charge in [-0.3, -0.25) is 4.90 Å². The van der Waals surface area contributed by atoms with E-state index in [1.165, 1.54) is 5.56 Å². The Labute approximate surface area is 89.9 Å². The topological polar surface area (TPSA) is 29.3 Å². The number of hydrogen-bond acceptors (Lipinski definition) is 2. The van der Waals surface area contributed by atoms with E-state index in [0.29, 0.717) is 13.0 Å². The van der Waals surface area contributed by atoms with Gasteiger partial charge < -0.3 is 5.73 Å². The summed E-state index contributed by atoms with van der Waals surface area (Å²) in [5.41, 5.74) is 5.50. The average molecular weight is 208 g/mol. The third-order valence-corrected chi connectivity index (χ3v) is 3.00. The van der Waals surface area contributed by atoms with E-state index in [2.05, 4.69) is 17.0 Å². The third kappa shape index (κ3) is 2.55. The number of benzene rings is 1. The molecule has 0 amide bonds. The molecule has 0 aliphatic carbocycles. The SMILES string of the molecule is NCC1(F)CCN(Cc2ccccc2)C1. The van der Waals surface area contributed by atoms with E-state index in [9.17, 15) is 4.39 Å².